The number of benzene rings is 1. The number of nitro groups is 1. The molecule has 102 valence electrons. The standard InChI is InChI=1S/C11H10BrNO6/c1-5(12)9(14)8-6(10(15)11(16)17)3-2-4-7(8)13(18)19/h2-5,10,15H,1H3,(H,16,17). The number of carbonyl (C=O) groups excluding carboxylic acids is 1. The van der Waals surface area contributed by atoms with Gasteiger partial charge < -0.3 is 10.2 Å². The van der Waals surface area contributed by atoms with Crippen molar-refractivity contribution in [2.24, 2.45) is 0 Å². The van der Waals surface area contributed by atoms with Crippen molar-refractivity contribution in [1.82, 2.24) is 0 Å². The van der Waals surface area contributed by atoms with Crippen molar-refractivity contribution in [2.45, 2.75) is 17.9 Å². The number of Topliss-reactive ketones (excluding diaryl/α,β-unsaturated/α-hetero) is 1. The molecule has 19 heavy (non-hydrogen) atoms. The molecule has 2 atom stereocenters. The van der Waals surface area contributed by atoms with E-state index in [2.05, 4.69) is 15.9 Å². The number of carboxylic acids is 1. The summed E-state index contributed by atoms with van der Waals surface area (Å²) >= 11 is 2.98. The number of ketones is 1. The van der Waals surface area contributed by atoms with Gasteiger partial charge in [-0.2, -0.15) is 0 Å². The highest BCUT2D eigenvalue weighted by atomic mass is 79.9. The van der Waals surface area contributed by atoms with Gasteiger partial charge in [-0.05, 0) is 6.92 Å². The summed E-state index contributed by atoms with van der Waals surface area (Å²) in [5.41, 5.74) is -1.22. The summed E-state index contributed by atoms with van der Waals surface area (Å²) in [6.07, 6.45) is -2.00. The molecule has 0 saturated heterocycles. The highest BCUT2D eigenvalue weighted by Gasteiger charge is 2.31. The minimum absolute atomic E-state index is 0.294. The van der Waals surface area contributed by atoms with Gasteiger partial charge in [0.1, 0.15) is 5.56 Å². The fourth-order valence-corrected chi connectivity index (χ4v) is 1.77. The molecule has 8 heteroatoms. The molecular weight excluding hydrogens is 322 g/mol. The van der Waals surface area contributed by atoms with Crippen LogP contribution in [0.4, 0.5) is 5.69 Å². The Labute approximate surface area is 116 Å². The SMILES string of the molecule is CC(Br)C(=O)c1c(C(O)C(=O)O)cccc1[N+](=O)[O-]. The van der Waals surface area contributed by atoms with Gasteiger partial charge in [0.15, 0.2) is 11.9 Å². The maximum atomic E-state index is 12.0. The lowest BCUT2D eigenvalue weighted by Crippen LogP contribution is -2.20. The topological polar surface area (TPSA) is 118 Å². The molecule has 7 nitrogen and oxygen atoms in total. The van der Waals surface area contributed by atoms with Crippen molar-refractivity contribution in [3.05, 3.63) is 39.4 Å². The molecule has 0 aliphatic heterocycles. The zero-order valence-corrected chi connectivity index (χ0v) is 11.3. The molecule has 0 bridgehead atoms. The van der Waals surface area contributed by atoms with E-state index in [9.17, 15) is 24.8 Å². The first-order chi connectivity index (χ1) is 8.77. The number of aliphatic carboxylic acids is 1. The van der Waals surface area contributed by atoms with Gasteiger partial charge in [-0.15, -0.1) is 0 Å². The Morgan fingerprint density at radius 3 is 2.42 bits per heavy atom. The number of halogens is 1. The fourth-order valence-electron chi connectivity index (χ4n) is 1.54. The Bertz CT molecular complexity index is 542. The number of rotatable bonds is 5. The summed E-state index contributed by atoms with van der Waals surface area (Å²) in [5.74, 6) is -2.25. The quantitative estimate of drug-likeness (QED) is 0.367. The van der Waals surface area contributed by atoms with E-state index in [1.54, 1.807) is 0 Å². The van der Waals surface area contributed by atoms with E-state index in [0.29, 0.717) is 0 Å². The van der Waals surface area contributed by atoms with Gasteiger partial charge >= 0.3 is 5.97 Å². The van der Waals surface area contributed by atoms with Crippen LogP contribution in [0.25, 0.3) is 0 Å². The number of hydrogen-bond donors (Lipinski definition) is 2. The maximum absolute atomic E-state index is 12.0. The van der Waals surface area contributed by atoms with E-state index in [-0.39, 0.29) is 5.56 Å². The van der Waals surface area contributed by atoms with E-state index in [0.717, 1.165) is 6.07 Å². The second-order valence-corrected chi connectivity index (χ2v) is 5.09. The van der Waals surface area contributed by atoms with Crippen LogP contribution in [-0.4, -0.2) is 31.7 Å². The van der Waals surface area contributed by atoms with Gasteiger partial charge in [-0.3, -0.25) is 14.9 Å². The number of carbonyl (C=O) groups is 2. The lowest BCUT2D eigenvalue weighted by atomic mass is 9.96. The largest absolute Gasteiger partial charge is 0.479 e. The number of aliphatic hydroxyl groups is 1. The van der Waals surface area contributed by atoms with E-state index in [4.69, 9.17) is 5.11 Å². The first-order valence-corrected chi connectivity index (χ1v) is 6.05. The van der Waals surface area contributed by atoms with Crippen molar-refractivity contribution in [2.75, 3.05) is 0 Å². The van der Waals surface area contributed by atoms with Crippen molar-refractivity contribution < 1.29 is 24.7 Å². The molecule has 1 aromatic carbocycles. The van der Waals surface area contributed by atoms with Gasteiger partial charge in [0.2, 0.25) is 0 Å². The molecule has 0 aliphatic rings. The minimum atomic E-state index is -2.00. The molecule has 0 aliphatic carbocycles. The number of alkyl halides is 1. The van der Waals surface area contributed by atoms with Gasteiger partial charge in [0, 0.05) is 11.6 Å². The molecule has 0 aromatic heterocycles. The van der Waals surface area contributed by atoms with Crippen LogP contribution in [0, 0.1) is 10.1 Å². The molecule has 0 saturated carbocycles. The molecule has 0 radical (unpaired) electrons. The second kappa shape index (κ2) is 5.89. The predicted octanol–water partition coefficient (Wildman–Crippen LogP) is 1.68. The zero-order valence-electron chi connectivity index (χ0n) is 9.74. The smallest absolute Gasteiger partial charge is 0.337 e. The Balaban J connectivity index is 3.55. The monoisotopic (exact) mass is 331 g/mol. The van der Waals surface area contributed by atoms with Crippen LogP contribution in [0.2, 0.25) is 0 Å². The summed E-state index contributed by atoms with van der Waals surface area (Å²) < 4.78 is 0. The van der Waals surface area contributed by atoms with E-state index in [1.807, 2.05) is 0 Å². The first kappa shape index (κ1) is 15.3. The van der Waals surface area contributed by atoms with Gasteiger partial charge in [0.05, 0.1) is 9.75 Å². The summed E-state index contributed by atoms with van der Waals surface area (Å²) in [4.78, 5) is 32.1. The maximum Gasteiger partial charge on any atom is 0.337 e. The summed E-state index contributed by atoms with van der Waals surface area (Å²) in [5, 5.41) is 29.2. The van der Waals surface area contributed by atoms with Crippen molar-refractivity contribution in [1.29, 1.82) is 0 Å². The predicted molar refractivity (Wildman–Crippen MR) is 68.4 cm³/mol. The molecule has 2 N–H and O–H groups in total. The highest BCUT2D eigenvalue weighted by molar-refractivity contribution is 9.10. The van der Waals surface area contributed by atoms with Crippen molar-refractivity contribution >= 4 is 33.4 Å². The third-order valence-electron chi connectivity index (χ3n) is 2.41. The van der Waals surface area contributed by atoms with Gasteiger partial charge in [-0.25, -0.2) is 4.79 Å². The number of aliphatic hydroxyl groups excluding tert-OH is 1. The summed E-state index contributed by atoms with van der Waals surface area (Å²) in [6, 6.07) is 3.48. The third kappa shape index (κ3) is 3.15. The summed E-state index contributed by atoms with van der Waals surface area (Å²) in [6.45, 7) is 1.45. The average molecular weight is 332 g/mol. The number of nitro benzene ring substituents is 1. The molecular formula is C11H10BrNO6. The van der Waals surface area contributed by atoms with Crippen LogP contribution in [0.5, 0.6) is 0 Å². The van der Waals surface area contributed by atoms with Crippen molar-refractivity contribution in [3.63, 3.8) is 0 Å². The van der Waals surface area contributed by atoms with Crippen LogP contribution < -0.4 is 0 Å². The van der Waals surface area contributed by atoms with Crippen LogP contribution >= 0.6 is 15.9 Å². The molecule has 1 aromatic rings. The van der Waals surface area contributed by atoms with Gasteiger partial charge in [0.25, 0.3) is 5.69 Å². The molecule has 0 spiro atoms. The normalized spacial score (nSPS) is 13.6. The summed E-state index contributed by atoms with van der Waals surface area (Å²) in [7, 11) is 0. The Hall–Kier alpha value is -1.80. The van der Waals surface area contributed by atoms with E-state index in [1.165, 1.54) is 19.1 Å². The van der Waals surface area contributed by atoms with Crippen LogP contribution in [0.1, 0.15) is 28.9 Å². The fraction of sp³-hybridized carbons (Fsp3) is 0.273. The highest BCUT2D eigenvalue weighted by Crippen LogP contribution is 2.29. The molecule has 2 unspecified atom stereocenters. The Morgan fingerprint density at radius 2 is 2.00 bits per heavy atom. The third-order valence-corrected chi connectivity index (χ3v) is 2.82. The second-order valence-electron chi connectivity index (χ2n) is 3.72. The van der Waals surface area contributed by atoms with Crippen LogP contribution in [0.3, 0.4) is 0 Å². The molecule has 0 amide bonds. The number of carboxylic acid groups (broad SMARTS) is 1. The van der Waals surface area contributed by atoms with Crippen LogP contribution in [-0.2, 0) is 4.79 Å². The average Bonchev–Trinajstić information content (AvgIpc) is 2.35. The molecule has 0 fully saturated rings. The van der Waals surface area contributed by atoms with E-state index >= 15 is 0 Å². The number of hydrogen-bond acceptors (Lipinski definition) is 5. The zero-order chi connectivity index (χ0) is 14.7. The number of nitrogens with zero attached hydrogens (tertiary/aromatic N) is 1. The Morgan fingerprint density at radius 1 is 1.42 bits per heavy atom. The minimum Gasteiger partial charge on any atom is -0.479 e. The van der Waals surface area contributed by atoms with E-state index < -0.39 is 38.9 Å². The molecule has 1 rings (SSSR count). The molecule has 0 heterocycles. The lowest BCUT2D eigenvalue weighted by Gasteiger charge is -2.12. The Kier molecular flexibility index (Phi) is 4.73. The first-order valence-electron chi connectivity index (χ1n) is 5.13. The van der Waals surface area contributed by atoms with Crippen LogP contribution in [0.15, 0.2) is 18.2 Å². The van der Waals surface area contributed by atoms with Gasteiger partial charge in [-0.1, -0.05) is 28.1 Å². The lowest BCUT2D eigenvalue weighted by molar-refractivity contribution is -0.385. The van der Waals surface area contributed by atoms with Crippen molar-refractivity contribution in [3.8, 4) is 0 Å².